The second-order valence-corrected chi connectivity index (χ2v) is 5.52. The summed E-state index contributed by atoms with van der Waals surface area (Å²) in [6.45, 7) is 0.0206. The third kappa shape index (κ3) is 2.90. The molecule has 0 amide bonds. The van der Waals surface area contributed by atoms with Crippen LogP contribution >= 0.6 is 0 Å². The van der Waals surface area contributed by atoms with E-state index in [0.29, 0.717) is 0 Å². The Bertz CT molecular complexity index is 664. The predicted molar refractivity (Wildman–Crippen MR) is 88.7 cm³/mol. The van der Waals surface area contributed by atoms with E-state index >= 15 is 0 Å². The summed E-state index contributed by atoms with van der Waals surface area (Å²) in [5.74, 6) is 0.935. The summed E-state index contributed by atoms with van der Waals surface area (Å²) in [6, 6.07) is 15.9. The Morgan fingerprint density at radius 2 is 1.91 bits per heavy atom. The maximum Gasteiger partial charge on any atom is 0.122 e. The van der Waals surface area contributed by atoms with Crippen LogP contribution in [0.5, 0.6) is 5.75 Å². The van der Waals surface area contributed by atoms with Gasteiger partial charge < -0.3 is 9.84 Å². The van der Waals surface area contributed by atoms with Crippen molar-refractivity contribution >= 4 is 5.71 Å². The topological polar surface area (TPSA) is 41.8 Å². The van der Waals surface area contributed by atoms with Crippen LogP contribution in [-0.2, 0) is 6.42 Å². The van der Waals surface area contributed by atoms with E-state index in [1.54, 1.807) is 7.11 Å². The van der Waals surface area contributed by atoms with Gasteiger partial charge in [0.25, 0.3) is 0 Å². The van der Waals surface area contributed by atoms with Gasteiger partial charge in [-0.25, -0.2) is 0 Å². The zero-order valence-electron chi connectivity index (χ0n) is 12.8. The van der Waals surface area contributed by atoms with E-state index in [-0.39, 0.29) is 12.6 Å². The molecule has 0 saturated heterocycles. The highest BCUT2D eigenvalue weighted by atomic mass is 16.5. The summed E-state index contributed by atoms with van der Waals surface area (Å²) in [5.41, 5.74) is 4.52. The predicted octanol–water partition coefficient (Wildman–Crippen LogP) is 3.55. The lowest BCUT2D eigenvalue weighted by molar-refractivity contribution is 0.269. The molecule has 114 valence electrons. The molecule has 1 N–H and O–H groups in total. The van der Waals surface area contributed by atoms with Gasteiger partial charge in [-0.3, -0.25) is 4.99 Å². The second kappa shape index (κ2) is 6.75. The number of benzene rings is 2. The average molecular weight is 295 g/mol. The molecule has 3 nitrogen and oxygen atoms in total. The lowest BCUT2D eigenvalue weighted by Gasteiger charge is -2.22. The number of aliphatic hydroxyl groups is 1. The molecule has 0 aromatic heterocycles. The van der Waals surface area contributed by atoms with Crippen molar-refractivity contribution in [2.75, 3.05) is 13.7 Å². The van der Waals surface area contributed by atoms with E-state index in [1.807, 2.05) is 42.5 Å². The van der Waals surface area contributed by atoms with Crippen molar-refractivity contribution < 1.29 is 9.84 Å². The number of hydrogen-bond donors (Lipinski definition) is 1. The molecule has 0 unspecified atom stereocenters. The Hall–Kier alpha value is -2.13. The average Bonchev–Trinajstić information content (AvgIpc) is 2.60. The van der Waals surface area contributed by atoms with E-state index in [4.69, 9.17) is 9.73 Å². The second-order valence-electron chi connectivity index (χ2n) is 5.52. The van der Waals surface area contributed by atoms with Gasteiger partial charge in [-0.05, 0) is 30.9 Å². The highest BCUT2D eigenvalue weighted by molar-refractivity contribution is 6.03. The molecule has 0 spiro atoms. The van der Waals surface area contributed by atoms with Gasteiger partial charge in [0.1, 0.15) is 5.75 Å². The zero-order valence-corrected chi connectivity index (χ0v) is 12.8. The SMILES string of the molecule is COc1cccc2c1CCCC2=N[C@H](CO)c1ccccc1. The van der Waals surface area contributed by atoms with Crippen LogP contribution < -0.4 is 4.74 Å². The Balaban J connectivity index is 1.99. The summed E-state index contributed by atoms with van der Waals surface area (Å²) >= 11 is 0. The van der Waals surface area contributed by atoms with Crippen molar-refractivity contribution in [3.63, 3.8) is 0 Å². The van der Waals surface area contributed by atoms with Gasteiger partial charge in [0.05, 0.1) is 19.8 Å². The molecular weight excluding hydrogens is 274 g/mol. The highest BCUT2D eigenvalue weighted by Crippen LogP contribution is 2.31. The standard InChI is InChI=1S/C19H21NO2/c1-22-19-12-6-9-15-16(19)10-5-11-17(15)20-18(13-21)14-7-3-2-4-8-14/h2-4,6-9,12,18,21H,5,10-11,13H2,1H3/t18-/m1/s1. The van der Waals surface area contributed by atoms with E-state index in [1.165, 1.54) is 11.1 Å². The summed E-state index contributed by atoms with van der Waals surface area (Å²) in [6.07, 6.45) is 3.04. The van der Waals surface area contributed by atoms with E-state index in [0.717, 1.165) is 36.3 Å². The monoisotopic (exact) mass is 295 g/mol. The van der Waals surface area contributed by atoms with Crippen molar-refractivity contribution in [1.82, 2.24) is 0 Å². The third-order valence-electron chi connectivity index (χ3n) is 4.17. The molecule has 22 heavy (non-hydrogen) atoms. The first kappa shape index (κ1) is 14.8. The maximum absolute atomic E-state index is 9.73. The molecule has 0 fully saturated rings. The van der Waals surface area contributed by atoms with Crippen LogP contribution in [0.3, 0.4) is 0 Å². The molecule has 1 aliphatic rings. The Kier molecular flexibility index (Phi) is 4.54. The van der Waals surface area contributed by atoms with E-state index in [2.05, 4.69) is 6.07 Å². The number of nitrogens with zero attached hydrogens (tertiary/aromatic N) is 1. The number of fused-ring (bicyclic) bond motifs is 1. The van der Waals surface area contributed by atoms with Gasteiger partial charge in [0, 0.05) is 16.8 Å². The fourth-order valence-corrected chi connectivity index (χ4v) is 3.07. The minimum absolute atomic E-state index is 0.0206. The zero-order chi connectivity index (χ0) is 15.4. The highest BCUT2D eigenvalue weighted by Gasteiger charge is 2.20. The summed E-state index contributed by atoms with van der Waals surface area (Å²) < 4.78 is 5.47. The van der Waals surface area contributed by atoms with Gasteiger partial charge in [0.2, 0.25) is 0 Å². The molecule has 0 aliphatic heterocycles. The van der Waals surface area contributed by atoms with Crippen LogP contribution in [0.25, 0.3) is 0 Å². The molecule has 0 bridgehead atoms. The van der Waals surface area contributed by atoms with Gasteiger partial charge >= 0.3 is 0 Å². The first-order chi connectivity index (χ1) is 10.8. The van der Waals surface area contributed by atoms with Crippen LogP contribution in [0.15, 0.2) is 53.5 Å². The van der Waals surface area contributed by atoms with Crippen molar-refractivity contribution in [3.05, 3.63) is 65.2 Å². The number of rotatable bonds is 4. The molecule has 2 aromatic carbocycles. The van der Waals surface area contributed by atoms with Crippen molar-refractivity contribution in [2.45, 2.75) is 25.3 Å². The first-order valence-electron chi connectivity index (χ1n) is 7.72. The summed E-state index contributed by atoms with van der Waals surface area (Å²) in [4.78, 5) is 4.85. The van der Waals surface area contributed by atoms with E-state index < -0.39 is 0 Å². The van der Waals surface area contributed by atoms with Gasteiger partial charge in [0.15, 0.2) is 0 Å². The fourth-order valence-electron chi connectivity index (χ4n) is 3.07. The van der Waals surface area contributed by atoms with Crippen LogP contribution in [0, 0.1) is 0 Å². The molecule has 3 heteroatoms. The summed E-state index contributed by atoms with van der Waals surface area (Å²) in [7, 11) is 1.71. The number of aliphatic hydroxyl groups excluding tert-OH is 1. The normalized spacial score (nSPS) is 17.1. The largest absolute Gasteiger partial charge is 0.496 e. The minimum atomic E-state index is -0.201. The Labute approximate surface area is 131 Å². The molecule has 0 saturated carbocycles. The maximum atomic E-state index is 9.73. The van der Waals surface area contributed by atoms with Crippen molar-refractivity contribution in [1.29, 1.82) is 0 Å². The summed E-state index contributed by atoms with van der Waals surface area (Å²) in [5, 5.41) is 9.73. The minimum Gasteiger partial charge on any atom is -0.496 e. The Morgan fingerprint density at radius 1 is 1.09 bits per heavy atom. The molecule has 0 radical (unpaired) electrons. The van der Waals surface area contributed by atoms with Crippen LogP contribution in [0.1, 0.15) is 35.6 Å². The Morgan fingerprint density at radius 3 is 2.64 bits per heavy atom. The first-order valence-corrected chi connectivity index (χ1v) is 7.72. The van der Waals surface area contributed by atoms with Crippen LogP contribution in [0.4, 0.5) is 0 Å². The van der Waals surface area contributed by atoms with Gasteiger partial charge in [-0.15, -0.1) is 0 Å². The van der Waals surface area contributed by atoms with Gasteiger partial charge in [-0.2, -0.15) is 0 Å². The number of methoxy groups -OCH3 is 1. The molecular formula is C19H21NO2. The third-order valence-corrected chi connectivity index (χ3v) is 4.17. The number of hydrogen-bond acceptors (Lipinski definition) is 3. The molecule has 3 rings (SSSR count). The lowest BCUT2D eigenvalue weighted by Crippen LogP contribution is -2.15. The van der Waals surface area contributed by atoms with Crippen LogP contribution in [0.2, 0.25) is 0 Å². The van der Waals surface area contributed by atoms with Crippen molar-refractivity contribution in [2.24, 2.45) is 4.99 Å². The van der Waals surface area contributed by atoms with E-state index in [9.17, 15) is 5.11 Å². The lowest BCUT2D eigenvalue weighted by atomic mass is 9.89. The number of ether oxygens (including phenoxy) is 1. The molecule has 0 heterocycles. The van der Waals surface area contributed by atoms with Gasteiger partial charge in [-0.1, -0.05) is 42.5 Å². The van der Waals surface area contributed by atoms with Crippen molar-refractivity contribution in [3.8, 4) is 5.75 Å². The number of aliphatic imine (C=N–C) groups is 1. The molecule has 2 aromatic rings. The smallest absolute Gasteiger partial charge is 0.122 e. The quantitative estimate of drug-likeness (QED) is 0.937. The van der Waals surface area contributed by atoms with Crippen LogP contribution in [-0.4, -0.2) is 24.5 Å². The fraction of sp³-hybridized carbons (Fsp3) is 0.316. The molecule has 1 aliphatic carbocycles. The molecule has 1 atom stereocenters.